The van der Waals surface area contributed by atoms with E-state index in [0.717, 1.165) is 19.3 Å². The molecule has 0 aromatic heterocycles. The molecule has 1 atom stereocenters. The van der Waals surface area contributed by atoms with Crippen molar-refractivity contribution >= 4 is 17.7 Å². The van der Waals surface area contributed by atoms with E-state index >= 15 is 0 Å². The van der Waals surface area contributed by atoms with Gasteiger partial charge in [-0.3, -0.25) is 19.7 Å². The third kappa shape index (κ3) is 2.43. The van der Waals surface area contributed by atoms with Gasteiger partial charge in [0, 0.05) is 19.5 Å². The van der Waals surface area contributed by atoms with Crippen LogP contribution in [0.5, 0.6) is 0 Å². The van der Waals surface area contributed by atoms with Gasteiger partial charge in [0.15, 0.2) is 0 Å². The Morgan fingerprint density at radius 3 is 2.62 bits per heavy atom. The minimum Gasteiger partial charge on any atom is -0.342 e. The van der Waals surface area contributed by atoms with Gasteiger partial charge in [-0.1, -0.05) is 24.3 Å². The summed E-state index contributed by atoms with van der Waals surface area (Å²) in [5.74, 6) is -0.201. The van der Waals surface area contributed by atoms with Gasteiger partial charge in [0.25, 0.3) is 0 Å². The average molecular weight is 326 g/mol. The molecule has 0 bridgehead atoms. The number of amides is 3. The second-order valence-corrected chi connectivity index (χ2v) is 7.30. The number of aryl methyl sites for hydroxylation is 1. The van der Waals surface area contributed by atoms with E-state index in [1.807, 2.05) is 17.0 Å². The van der Waals surface area contributed by atoms with Crippen molar-refractivity contribution in [2.45, 2.75) is 44.4 Å². The number of hydrogen-bond acceptors (Lipinski definition) is 3. The van der Waals surface area contributed by atoms with Crippen molar-refractivity contribution < 1.29 is 14.4 Å². The molecule has 5 nitrogen and oxygen atoms in total. The summed E-state index contributed by atoms with van der Waals surface area (Å²) in [5, 5.41) is 2.42. The highest BCUT2D eigenvalue weighted by molar-refractivity contribution is 6.06. The van der Waals surface area contributed by atoms with E-state index in [9.17, 15) is 14.4 Å². The normalized spacial score (nSPS) is 25.5. The molecule has 1 N–H and O–H groups in total. The predicted molar refractivity (Wildman–Crippen MR) is 88.1 cm³/mol. The minimum atomic E-state index is -0.571. The number of nitrogens with one attached hydrogen (secondary N) is 1. The molecule has 2 heterocycles. The smallest absolute Gasteiger partial charge is 0.233 e. The summed E-state index contributed by atoms with van der Waals surface area (Å²) in [6, 6.07) is 8.23. The molecule has 0 saturated carbocycles. The van der Waals surface area contributed by atoms with E-state index in [1.165, 1.54) is 11.1 Å². The highest BCUT2D eigenvalue weighted by Gasteiger charge is 2.49. The van der Waals surface area contributed by atoms with E-state index in [-0.39, 0.29) is 30.1 Å². The fourth-order valence-electron chi connectivity index (χ4n) is 4.48. The van der Waals surface area contributed by atoms with Crippen molar-refractivity contribution in [1.29, 1.82) is 0 Å². The molecule has 5 heteroatoms. The number of benzene rings is 1. The van der Waals surface area contributed by atoms with Crippen molar-refractivity contribution in [2.24, 2.45) is 5.41 Å². The van der Waals surface area contributed by atoms with Gasteiger partial charge in [-0.15, -0.1) is 0 Å². The number of likely N-dealkylation sites (tertiary alicyclic amines) is 1. The van der Waals surface area contributed by atoms with Crippen LogP contribution in [0.1, 0.15) is 49.1 Å². The van der Waals surface area contributed by atoms with E-state index < -0.39 is 5.41 Å². The zero-order valence-electron chi connectivity index (χ0n) is 13.7. The van der Waals surface area contributed by atoms with Crippen molar-refractivity contribution in [3.05, 3.63) is 35.4 Å². The van der Waals surface area contributed by atoms with Crippen molar-refractivity contribution in [3.63, 3.8) is 0 Å². The first-order valence-corrected chi connectivity index (χ1v) is 8.80. The minimum absolute atomic E-state index is 0.0527. The van der Waals surface area contributed by atoms with Gasteiger partial charge < -0.3 is 4.90 Å². The first kappa shape index (κ1) is 15.4. The van der Waals surface area contributed by atoms with Gasteiger partial charge >= 0.3 is 0 Å². The average Bonchev–Trinajstić information content (AvgIpc) is 2.87. The summed E-state index contributed by atoms with van der Waals surface area (Å²) in [5.41, 5.74) is 1.89. The van der Waals surface area contributed by atoms with Crippen LogP contribution in [0.4, 0.5) is 0 Å². The lowest BCUT2D eigenvalue weighted by atomic mass is 9.76. The first-order chi connectivity index (χ1) is 11.6. The molecule has 2 fully saturated rings. The molecule has 4 rings (SSSR count). The maximum atomic E-state index is 13.0. The van der Waals surface area contributed by atoms with Gasteiger partial charge in [-0.25, -0.2) is 0 Å². The molecule has 0 unspecified atom stereocenters. The van der Waals surface area contributed by atoms with Gasteiger partial charge in [0.05, 0.1) is 11.3 Å². The lowest BCUT2D eigenvalue weighted by molar-refractivity contribution is -0.139. The lowest BCUT2D eigenvalue weighted by Gasteiger charge is -2.39. The number of nitrogens with zero attached hydrogens (tertiary/aromatic N) is 1. The van der Waals surface area contributed by atoms with Crippen LogP contribution in [0, 0.1) is 5.41 Å². The van der Waals surface area contributed by atoms with Crippen molar-refractivity contribution in [2.75, 3.05) is 13.1 Å². The van der Waals surface area contributed by atoms with Crippen LogP contribution in [0.15, 0.2) is 24.3 Å². The topological polar surface area (TPSA) is 66.5 Å². The van der Waals surface area contributed by atoms with Gasteiger partial charge in [0.1, 0.15) is 0 Å². The van der Waals surface area contributed by atoms with E-state index in [1.54, 1.807) is 0 Å². The number of hydrogen-bond donors (Lipinski definition) is 1. The molecular formula is C19H22N2O3. The van der Waals surface area contributed by atoms with Crippen molar-refractivity contribution in [1.82, 2.24) is 10.2 Å². The Balaban J connectivity index is 1.48. The van der Waals surface area contributed by atoms with E-state index in [0.29, 0.717) is 25.9 Å². The van der Waals surface area contributed by atoms with Crippen LogP contribution in [0.3, 0.4) is 0 Å². The molecule has 3 aliphatic rings. The first-order valence-electron chi connectivity index (χ1n) is 8.80. The summed E-state index contributed by atoms with van der Waals surface area (Å²) >= 11 is 0. The molecule has 1 spiro atoms. The third-order valence-corrected chi connectivity index (χ3v) is 5.93. The third-order valence-electron chi connectivity index (χ3n) is 5.93. The highest BCUT2D eigenvalue weighted by Crippen LogP contribution is 2.40. The molecule has 1 aromatic rings. The number of carbonyl (C=O) groups is 3. The number of carbonyl (C=O) groups excluding carboxylic acids is 3. The zero-order valence-corrected chi connectivity index (χ0v) is 13.7. The molecule has 1 aliphatic carbocycles. The van der Waals surface area contributed by atoms with Gasteiger partial charge in [0.2, 0.25) is 17.7 Å². The summed E-state index contributed by atoms with van der Waals surface area (Å²) in [7, 11) is 0. The quantitative estimate of drug-likeness (QED) is 0.800. The van der Waals surface area contributed by atoms with Crippen molar-refractivity contribution in [3.8, 4) is 0 Å². The lowest BCUT2D eigenvalue weighted by Crippen LogP contribution is -2.47. The van der Waals surface area contributed by atoms with Gasteiger partial charge in [-0.2, -0.15) is 0 Å². The summed E-state index contributed by atoms with van der Waals surface area (Å²) < 4.78 is 0. The Morgan fingerprint density at radius 1 is 1.17 bits per heavy atom. The molecule has 0 radical (unpaired) electrons. The fraction of sp³-hybridized carbons (Fsp3) is 0.526. The van der Waals surface area contributed by atoms with Crippen LogP contribution < -0.4 is 5.32 Å². The Hall–Kier alpha value is -2.17. The summed E-state index contributed by atoms with van der Waals surface area (Å²) in [6.45, 7) is 1.14. The number of imide groups is 1. The van der Waals surface area contributed by atoms with E-state index in [2.05, 4.69) is 17.4 Å². The standard InChI is InChI=1S/C19H22N2O3/c22-16-12-19(18(24)20-16)8-10-21(11-9-19)17(23)15-7-3-5-13-4-1-2-6-14(13)15/h1-2,4,6,15H,3,5,7-12H2,(H,20,22,24)/t15-/m0/s1. The second kappa shape index (κ2) is 5.72. The summed E-state index contributed by atoms with van der Waals surface area (Å²) in [6.07, 6.45) is 4.44. The highest BCUT2D eigenvalue weighted by atomic mass is 16.2. The number of piperidine rings is 1. The number of rotatable bonds is 1. The molecule has 1 aromatic carbocycles. The van der Waals surface area contributed by atoms with Crippen LogP contribution in [-0.2, 0) is 20.8 Å². The largest absolute Gasteiger partial charge is 0.342 e. The molecule has 2 aliphatic heterocycles. The predicted octanol–water partition coefficient (Wildman–Crippen LogP) is 1.76. The second-order valence-electron chi connectivity index (χ2n) is 7.30. The van der Waals surface area contributed by atoms with Crippen LogP contribution >= 0.6 is 0 Å². The Kier molecular flexibility index (Phi) is 3.66. The molecule has 2 saturated heterocycles. The monoisotopic (exact) mass is 326 g/mol. The van der Waals surface area contributed by atoms with Crippen LogP contribution in [0.25, 0.3) is 0 Å². The zero-order chi connectivity index (χ0) is 16.7. The maximum Gasteiger partial charge on any atom is 0.233 e. The summed E-state index contributed by atoms with van der Waals surface area (Å²) in [4.78, 5) is 38.5. The Bertz CT molecular complexity index is 704. The Morgan fingerprint density at radius 2 is 1.92 bits per heavy atom. The SMILES string of the molecule is O=C1CC2(CCN(C(=O)[C@H]3CCCc4ccccc43)CC2)C(=O)N1. The molecule has 3 amide bonds. The fourth-order valence-corrected chi connectivity index (χ4v) is 4.48. The maximum absolute atomic E-state index is 13.0. The van der Waals surface area contributed by atoms with Crippen LogP contribution in [0.2, 0.25) is 0 Å². The number of fused-ring (bicyclic) bond motifs is 1. The molecular weight excluding hydrogens is 304 g/mol. The Labute approximate surface area is 141 Å². The van der Waals surface area contributed by atoms with Gasteiger partial charge in [-0.05, 0) is 43.2 Å². The molecule has 24 heavy (non-hydrogen) atoms. The van der Waals surface area contributed by atoms with E-state index in [4.69, 9.17) is 0 Å². The molecule has 126 valence electrons. The van der Waals surface area contributed by atoms with Crippen LogP contribution in [-0.4, -0.2) is 35.7 Å².